The largest absolute Gasteiger partial charge is 0.467 e. The van der Waals surface area contributed by atoms with Crippen LogP contribution >= 0.6 is 23.4 Å². The molecule has 0 aliphatic carbocycles. The van der Waals surface area contributed by atoms with Crippen molar-refractivity contribution in [1.29, 1.82) is 0 Å². The second-order valence-corrected chi connectivity index (χ2v) is 7.19. The Bertz CT molecular complexity index is 1170. The first-order valence-corrected chi connectivity index (χ1v) is 9.62. The van der Waals surface area contributed by atoms with Crippen LogP contribution in [0.4, 0.5) is 0 Å². The maximum atomic E-state index is 12.3. The molecule has 3 aromatic heterocycles. The van der Waals surface area contributed by atoms with E-state index in [2.05, 4.69) is 20.4 Å². The van der Waals surface area contributed by atoms with Crippen LogP contribution in [0.2, 0.25) is 5.02 Å². The van der Waals surface area contributed by atoms with E-state index in [0.717, 1.165) is 17.4 Å². The number of fused-ring (bicyclic) bond motifs is 1. The summed E-state index contributed by atoms with van der Waals surface area (Å²) < 4.78 is 6.72. The predicted molar refractivity (Wildman–Crippen MR) is 106 cm³/mol. The van der Waals surface area contributed by atoms with Crippen LogP contribution in [0, 0.1) is 0 Å². The van der Waals surface area contributed by atoms with Gasteiger partial charge in [0.25, 0.3) is 5.56 Å². The number of carbonyl (C=O) groups excluding carboxylic acids is 1. The van der Waals surface area contributed by atoms with Crippen LogP contribution in [0.25, 0.3) is 16.7 Å². The fourth-order valence-corrected chi connectivity index (χ4v) is 3.33. The van der Waals surface area contributed by atoms with Gasteiger partial charge < -0.3 is 14.7 Å². The van der Waals surface area contributed by atoms with E-state index in [1.54, 1.807) is 47.3 Å². The second kappa shape index (κ2) is 7.91. The van der Waals surface area contributed by atoms with Crippen molar-refractivity contribution in [3.05, 3.63) is 70.0 Å². The van der Waals surface area contributed by atoms with Gasteiger partial charge in [-0.1, -0.05) is 23.4 Å². The number of rotatable bonds is 6. The van der Waals surface area contributed by atoms with Crippen LogP contribution in [0.15, 0.2) is 63.2 Å². The van der Waals surface area contributed by atoms with Crippen LogP contribution in [-0.2, 0) is 11.3 Å². The number of nitrogens with zero attached hydrogens (tertiary/aromatic N) is 3. The molecule has 8 nitrogen and oxygen atoms in total. The number of hydrogen-bond donors (Lipinski definition) is 2. The Hall–Kier alpha value is -3.04. The molecule has 4 aromatic rings. The van der Waals surface area contributed by atoms with E-state index < -0.39 is 0 Å². The lowest BCUT2D eigenvalue weighted by atomic mass is 10.3. The molecule has 1 aromatic carbocycles. The minimum absolute atomic E-state index is 0.101. The molecular formula is C18H14ClN5O3S. The van der Waals surface area contributed by atoms with E-state index in [9.17, 15) is 9.59 Å². The molecular weight excluding hydrogens is 402 g/mol. The third-order valence-corrected chi connectivity index (χ3v) is 4.99. The van der Waals surface area contributed by atoms with E-state index in [4.69, 9.17) is 16.0 Å². The van der Waals surface area contributed by atoms with Crippen molar-refractivity contribution in [2.24, 2.45) is 0 Å². The Morgan fingerprint density at radius 1 is 1.29 bits per heavy atom. The van der Waals surface area contributed by atoms with Crippen LogP contribution < -0.4 is 10.9 Å². The number of amides is 1. The number of furan rings is 1. The minimum atomic E-state index is -0.316. The standard InChI is InChI=1S/C18H14ClN5O3S/c19-11-3-5-12(6-4-11)24-16-14(9-21-24)17(26)23-18(22-16)28-10-15(25)20-8-13-2-1-7-27-13/h1-7,9H,8,10H2,(H,20,25)(H,22,23,26). The normalized spacial score (nSPS) is 11.0. The number of thioether (sulfide) groups is 1. The van der Waals surface area contributed by atoms with E-state index in [0.29, 0.717) is 33.5 Å². The van der Waals surface area contributed by atoms with Crippen molar-refractivity contribution < 1.29 is 9.21 Å². The molecule has 2 N–H and O–H groups in total. The fourth-order valence-electron chi connectivity index (χ4n) is 2.52. The molecule has 0 bridgehead atoms. The summed E-state index contributed by atoms with van der Waals surface area (Å²) in [6.07, 6.45) is 3.00. The summed E-state index contributed by atoms with van der Waals surface area (Å²) in [4.78, 5) is 31.5. The molecule has 142 valence electrons. The van der Waals surface area contributed by atoms with Gasteiger partial charge in [0, 0.05) is 5.02 Å². The summed E-state index contributed by atoms with van der Waals surface area (Å²) in [5, 5.41) is 8.28. The third-order valence-electron chi connectivity index (χ3n) is 3.87. The highest BCUT2D eigenvalue weighted by Gasteiger charge is 2.13. The molecule has 3 heterocycles. The van der Waals surface area contributed by atoms with E-state index in [1.165, 1.54) is 6.20 Å². The maximum Gasteiger partial charge on any atom is 0.262 e. The number of nitrogens with one attached hydrogen (secondary N) is 2. The number of hydrogen-bond acceptors (Lipinski definition) is 6. The molecule has 0 spiro atoms. The molecule has 1 amide bonds. The highest BCUT2D eigenvalue weighted by atomic mass is 35.5. The SMILES string of the molecule is O=C(CSc1nc2c(cnn2-c2ccc(Cl)cc2)c(=O)[nH]1)NCc1ccco1. The van der Waals surface area contributed by atoms with Gasteiger partial charge in [-0.25, -0.2) is 9.67 Å². The van der Waals surface area contributed by atoms with E-state index in [-0.39, 0.29) is 17.2 Å². The van der Waals surface area contributed by atoms with Gasteiger partial charge in [-0.3, -0.25) is 9.59 Å². The fraction of sp³-hybridized carbons (Fsp3) is 0.111. The Balaban J connectivity index is 1.51. The van der Waals surface area contributed by atoms with E-state index >= 15 is 0 Å². The van der Waals surface area contributed by atoms with Crippen molar-refractivity contribution in [2.75, 3.05) is 5.75 Å². The molecule has 0 radical (unpaired) electrons. The molecule has 0 aliphatic heterocycles. The van der Waals surface area contributed by atoms with Crippen LogP contribution in [-0.4, -0.2) is 31.4 Å². The quantitative estimate of drug-likeness (QED) is 0.370. The Labute approximate surface area is 167 Å². The smallest absolute Gasteiger partial charge is 0.262 e. The highest BCUT2D eigenvalue weighted by Crippen LogP contribution is 2.19. The Morgan fingerprint density at radius 2 is 2.11 bits per heavy atom. The molecule has 28 heavy (non-hydrogen) atoms. The number of aromatic nitrogens is 4. The Morgan fingerprint density at radius 3 is 2.86 bits per heavy atom. The maximum absolute atomic E-state index is 12.3. The molecule has 0 atom stereocenters. The highest BCUT2D eigenvalue weighted by molar-refractivity contribution is 7.99. The molecule has 0 unspecified atom stereocenters. The van der Waals surface area contributed by atoms with Gasteiger partial charge in [-0.2, -0.15) is 5.10 Å². The number of carbonyl (C=O) groups is 1. The molecule has 10 heteroatoms. The average Bonchev–Trinajstić information content (AvgIpc) is 3.35. The first-order chi connectivity index (χ1) is 13.6. The minimum Gasteiger partial charge on any atom is -0.467 e. The molecule has 0 saturated heterocycles. The van der Waals surface area contributed by atoms with Gasteiger partial charge in [0.1, 0.15) is 11.1 Å². The van der Waals surface area contributed by atoms with Gasteiger partial charge in [-0.15, -0.1) is 0 Å². The van der Waals surface area contributed by atoms with Crippen LogP contribution in [0.5, 0.6) is 0 Å². The zero-order valence-electron chi connectivity index (χ0n) is 14.4. The topological polar surface area (TPSA) is 106 Å². The lowest BCUT2D eigenvalue weighted by Gasteiger charge is -2.05. The second-order valence-electron chi connectivity index (χ2n) is 5.79. The van der Waals surface area contributed by atoms with Gasteiger partial charge in [0.15, 0.2) is 10.8 Å². The van der Waals surface area contributed by atoms with Crippen molar-refractivity contribution in [2.45, 2.75) is 11.7 Å². The third kappa shape index (κ3) is 3.95. The van der Waals surface area contributed by atoms with Gasteiger partial charge in [0.2, 0.25) is 5.91 Å². The summed E-state index contributed by atoms with van der Waals surface area (Å²) in [6.45, 7) is 0.304. The number of H-pyrrole nitrogens is 1. The monoisotopic (exact) mass is 415 g/mol. The van der Waals surface area contributed by atoms with Gasteiger partial charge in [0.05, 0.1) is 30.4 Å². The van der Waals surface area contributed by atoms with Crippen molar-refractivity contribution >= 4 is 40.3 Å². The summed E-state index contributed by atoms with van der Waals surface area (Å²) in [6, 6.07) is 10.6. The van der Waals surface area contributed by atoms with Crippen LogP contribution in [0.3, 0.4) is 0 Å². The predicted octanol–water partition coefficient (Wildman–Crippen LogP) is 2.76. The summed E-state index contributed by atoms with van der Waals surface area (Å²) >= 11 is 7.06. The number of halogens is 1. The van der Waals surface area contributed by atoms with E-state index in [1.807, 2.05) is 0 Å². The first kappa shape index (κ1) is 18.3. The first-order valence-electron chi connectivity index (χ1n) is 8.26. The lowest BCUT2D eigenvalue weighted by molar-refractivity contribution is -0.118. The zero-order chi connectivity index (χ0) is 19.5. The summed E-state index contributed by atoms with van der Waals surface area (Å²) in [5.41, 5.74) is 0.818. The summed E-state index contributed by atoms with van der Waals surface area (Å²) in [7, 11) is 0. The van der Waals surface area contributed by atoms with Crippen molar-refractivity contribution in [3.8, 4) is 5.69 Å². The van der Waals surface area contributed by atoms with Gasteiger partial charge in [-0.05, 0) is 36.4 Å². The Kier molecular flexibility index (Phi) is 5.18. The number of benzene rings is 1. The zero-order valence-corrected chi connectivity index (χ0v) is 16.0. The van der Waals surface area contributed by atoms with Gasteiger partial charge >= 0.3 is 0 Å². The van der Waals surface area contributed by atoms with Crippen molar-refractivity contribution in [3.63, 3.8) is 0 Å². The molecule has 0 fully saturated rings. The molecule has 0 aliphatic rings. The molecule has 0 saturated carbocycles. The number of aromatic amines is 1. The average molecular weight is 416 g/mol. The molecule has 4 rings (SSSR count). The summed E-state index contributed by atoms with van der Waals surface area (Å²) in [5.74, 6) is 0.568. The lowest BCUT2D eigenvalue weighted by Crippen LogP contribution is -2.24. The van der Waals surface area contributed by atoms with Crippen LogP contribution in [0.1, 0.15) is 5.76 Å². The van der Waals surface area contributed by atoms with Crippen molar-refractivity contribution in [1.82, 2.24) is 25.1 Å².